The summed E-state index contributed by atoms with van der Waals surface area (Å²) >= 11 is 3.71. The standard InChI is InChI=1S/C36H51BrN4O7/c1-6-10-14-28(43)38-23-24(5)47-35(46)29-30-33(44)41(20-12-11-13-21-42)32(36(30)22-27(37)31(29)48-36)34(45)40(19-7-2)26-17-15-25(16-18-26)39(8-3)9-4/h6-7,15-18,24,27,29-32,42H,1-2,8-14,19-23H2,3-5H3,(H,38,43)/t24-,27?,29+,30-,31+,32+,36-/m1/s1. The average Bonchev–Trinajstić information content (AvgIpc) is 3.67. The van der Waals surface area contributed by atoms with E-state index in [-0.39, 0.29) is 48.8 Å². The molecule has 2 N–H and O–H groups in total. The van der Waals surface area contributed by atoms with Crippen molar-refractivity contribution in [1.82, 2.24) is 10.2 Å². The van der Waals surface area contributed by atoms with Crippen LogP contribution in [0.1, 0.15) is 59.3 Å². The zero-order valence-electron chi connectivity index (χ0n) is 28.4. The first kappa shape index (κ1) is 37.6. The van der Waals surface area contributed by atoms with E-state index in [0.717, 1.165) is 18.8 Å². The number of unbranched alkanes of at least 4 members (excludes halogenated alkanes) is 2. The lowest BCUT2D eigenvalue weighted by Gasteiger charge is -2.37. The molecular formula is C36H51BrN4O7. The molecule has 4 rings (SSSR count). The SMILES string of the molecule is C=CCCC(=O)NC[C@@H](C)OC(=O)[C@@H]1[C@H]2O[C@@]3(CC2Br)[C@H](C(=O)N(CC=C)c2ccc(N(CC)CC)cc2)N(CCCCCO)C(=O)[C@@H]13. The number of allylic oxidation sites excluding steroid dienone is 1. The van der Waals surface area contributed by atoms with Gasteiger partial charge in [0.05, 0.1) is 24.5 Å². The first-order chi connectivity index (χ1) is 23.1. The minimum Gasteiger partial charge on any atom is -0.460 e. The van der Waals surface area contributed by atoms with Crippen LogP contribution in [0, 0.1) is 11.8 Å². The van der Waals surface area contributed by atoms with Crippen molar-refractivity contribution in [2.45, 2.75) is 88.0 Å². The lowest BCUT2D eigenvalue weighted by atomic mass is 9.70. The van der Waals surface area contributed by atoms with Gasteiger partial charge in [-0.2, -0.15) is 0 Å². The van der Waals surface area contributed by atoms with E-state index >= 15 is 0 Å². The van der Waals surface area contributed by atoms with E-state index in [1.807, 2.05) is 24.3 Å². The number of nitrogens with zero attached hydrogens (tertiary/aromatic N) is 3. The summed E-state index contributed by atoms with van der Waals surface area (Å²) in [6.45, 7) is 15.8. The molecule has 7 atom stereocenters. The predicted octanol–water partition coefficient (Wildman–Crippen LogP) is 3.98. The van der Waals surface area contributed by atoms with Crippen molar-refractivity contribution in [3.63, 3.8) is 0 Å². The number of likely N-dealkylation sites (tertiary alicyclic amines) is 1. The minimum atomic E-state index is -1.24. The van der Waals surface area contributed by atoms with E-state index in [9.17, 15) is 24.3 Å². The van der Waals surface area contributed by atoms with Crippen molar-refractivity contribution >= 4 is 51.0 Å². The maximum Gasteiger partial charge on any atom is 0.312 e. The Labute approximate surface area is 292 Å². The third-order valence-electron chi connectivity index (χ3n) is 9.70. The molecule has 0 radical (unpaired) electrons. The van der Waals surface area contributed by atoms with Crippen molar-refractivity contribution < 1.29 is 33.8 Å². The molecule has 48 heavy (non-hydrogen) atoms. The molecule has 3 aliphatic heterocycles. The number of hydrogen-bond donors (Lipinski definition) is 2. The van der Waals surface area contributed by atoms with Gasteiger partial charge in [0.1, 0.15) is 17.7 Å². The summed E-state index contributed by atoms with van der Waals surface area (Å²) in [7, 11) is 0. The van der Waals surface area contributed by atoms with Gasteiger partial charge in [-0.25, -0.2) is 0 Å². The molecule has 12 heteroatoms. The summed E-state index contributed by atoms with van der Waals surface area (Å²) < 4.78 is 12.5. The number of ether oxygens (including phenoxy) is 2. The van der Waals surface area contributed by atoms with Gasteiger partial charge in [0.25, 0.3) is 5.91 Å². The van der Waals surface area contributed by atoms with Crippen molar-refractivity contribution in [2.24, 2.45) is 11.8 Å². The molecule has 3 fully saturated rings. The number of hydrogen-bond acceptors (Lipinski definition) is 8. The first-order valence-corrected chi connectivity index (χ1v) is 18.1. The molecule has 1 spiro atoms. The normalized spacial score (nSPS) is 26.1. The zero-order chi connectivity index (χ0) is 35.0. The molecule has 3 heterocycles. The molecule has 3 amide bonds. The van der Waals surface area contributed by atoms with Gasteiger partial charge in [-0.05, 0) is 77.1 Å². The number of fused-ring (bicyclic) bond motifs is 1. The highest BCUT2D eigenvalue weighted by atomic mass is 79.9. The number of halogens is 1. The second-order valence-corrected chi connectivity index (χ2v) is 14.0. The number of aliphatic hydroxyl groups is 1. The molecule has 1 aromatic rings. The first-order valence-electron chi connectivity index (χ1n) is 17.2. The summed E-state index contributed by atoms with van der Waals surface area (Å²) in [4.78, 5) is 60.3. The van der Waals surface area contributed by atoms with E-state index in [2.05, 4.69) is 53.2 Å². The summed E-state index contributed by atoms with van der Waals surface area (Å²) in [5, 5.41) is 12.1. The predicted molar refractivity (Wildman–Crippen MR) is 189 cm³/mol. The summed E-state index contributed by atoms with van der Waals surface area (Å²) in [5.41, 5.74) is 0.476. The Balaban J connectivity index is 1.64. The Morgan fingerprint density at radius 3 is 2.46 bits per heavy atom. The van der Waals surface area contributed by atoms with Crippen molar-refractivity contribution in [3.05, 3.63) is 49.6 Å². The van der Waals surface area contributed by atoms with Crippen LogP contribution >= 0.6 is 15.9 Å². The molecule has 264 valence electrons. The number of anilines is 2. The molecule has 11 nitrogen and oxygen atoms in total. The highest BCUT2D eigenvalue weighted by Crippen LogP contribution is 2.60. The molecule has 0 aliphatic carbocycles. The minimum absolute atomic E-state index is 0.0380. The monoisotopic (exact) mass is 730 g/mol. The second-order valence-electron chi connectivity index (χ2n) is 12.8. The molecule has 1 aromatic carbocycles. The molecule has 2 bridgehead atoms. The fourth-order valence-electron chi connectivity index (χ4n) is 7.42. The quantitative estimate of drug-likeness (QED) is 0.0948. The van der Waals surface area contributed by atoms with Gasteiger partial charge in [-0.15, -0.1) is 13.2 Å². The van der Waals surface area contributed by atoms with Crippen LogP contribution in [0.3, 0.4) is 0 Å². The lowest BCUT2D eigenvalue weighted by molar-refractivity contribution is -0.159. The van der Waals surface area contributed by atoms with Crippen LogP contribution in [0.15, 0.2) is 49.6 Å². The Morgan fingerprint density at radius 1 is 1.15 bits per heavy atom. The summed E-state index contributed by atoms with van der Waals surface area (Å²) in [5.74, 6) is -3.18. The van der Waals surface area contributed by atoms with Crippen molar-refractivity contribution in [2.75, 3.05) is 49.1 Å². The summed E-state index contributed by atoms with van der Waals surface area (Å²) in [6.07, 6.45) is 5.07. The van der Waals surface area contributed by atoms with Crippen LogP contribution in [-0.2, 0) is 28.7 Å². The van der Waals surface area contributed by atoms with Crippen molar-refractivity contribution in [1.29, 1.82) is 0 Å². The van der Waals surface area contributed by atoms with Crippen LogP contribution < -0.4 is 15.1 Å². The van der Waals surface area contributed by atoms with Crippen molar-refractivity contribution in [3.8, 4) is 0 Å². The van der Waals surface area contributed by atoms with Crippen LogP contribution in [0.4, 0.5) is 11.4 Å². The highest BCUT2D eigenvalue weighted by Gasteiger charge is 2.77. The largest absolute Gasteiger partial charge is 0.460 e. The van der Waals surface area contributed by atoms with Gasteiger partial charge < -0.3 is 34.6 Å². The number of carbonyl (C=O) groups is 4. The zero-order valence-corrected chi connectivity index (χ0v) is 30.0. The number of rotatable bonds is 19. The number of esters is 1. The molecule has 3 saturated heterocycles. The van der Waals surface area contributed by atoms with Crippen LogP contribution in [0.25, 0.3) is 0 Å². The van der Waals surface area contributed by atoms with Gasteiger partial charge in [-0.3, -0.25) is 19.2 Å². The summed E-state index contributed by atoms with van der Waals surface area (Å²) in [6, 6.07) is 6.81. The third-order valence-corrected chi connectivity index (χ3v) is 10.5. The van der Waals surface area contributed by atoms with Crippen LogP contribution in [0.2, 0.25) is 0 Å². The fourth-order valence-corrected chi connectivity index (χ4v) is 8.36. The van der Waals surface area contributed by atoms with Crippen LogP contribution in [-0.4, -0.2) is 102 Å². The van der Waals surface area contributed by atoms with Gasteiger partial charge >= 0.3 is 5.97 Å². The Bertz CT molecular complexity index is 1320. The number of benzene rings is 1. The molecule has 0 aromatic heterocycles. The van der Waals surface area contributed by atoms with Gasteiger partial charge in [0.15, 0.2) is 0 Å². The van der Waals surface area contributed by atoms with Crippen LogP contribution in [0.5, 0.6) is 0 Å². The fraction of sp³-hybridized carbons (Fsp3) is 0.611. The van der Waals surface area contributed by atoms with E-state index < -0.39 is 41.7 Å². The van der Waals surface area contributed by atoms with E-state index in [1.54, 1.807) is 28.9 Å². The Kier molecular flexibility index (Phi) is 13.3. The van der Waals surface area contributed by atoms with E-state index in [4.69, 9.17) is 9.47 Å². The molecular weight excluding hydrogens is 680 g/mol. The maximum atomic E-state index is 14.8. The Morgan fingerprint density at radius 2 is 1.83 bits per heavy atom. The third kappa shape index (κ3) is 7.65. The second kappa shape index (κ2) is 16.9. The number of alkyl halides is 1. The molecule has 3 aliphatic rings. The van der Waals surface area contributed by atoms with Gasteiger partial charge in [-0.1, -0.05) is 28.1 Å². The molecule has 0 saturated carbocycles. The van der Waals surface area contributed by atoms with Gasteiger partial charge in [0.2, 0.25) is 11.8 Å². The highest BCUT2D eigenvalue weighted by molar-refractivity contribution is 9.09. The smallest absolute Gasteiger partial charge is 0.312 e. The number of carbonyl (C=O) groups excluding carboxylic acids is 4. The average molecular weight is 732 g/mol. The number of aliphatic hydroxyl groups excluding tert-OH is 1. The van der Waals surface area contributed by atoms with E-state index in [0.29, 0.717) is 44.2 Å². The van der Waals surface area contributed by atoms with Gasteiger partial charge in [0, 0.05) is 55.4 Å². The Hall–Kier alpha value is -3.22. The maximum absolute atomic E-state index is 14.8. The number of nitrogens with one attached hydrogen (secondary N) is 1. The number of amides is 3. The lowest BCUT2D eigenvalue weighted by Crippen LogP contribution is -2.57. The van der Waals surface area contributed by atoms with E-state index in [1.165, 1.54) is 0 Å². The molecule has 1 unspecified atom stereocenters. The topological polar surface area (TPSA) is 129 Å².